The quantitative estimate of drug-likeness (QED) is 0.831. The van der Waals surface area contributed by atoms with E-state index in [1.807, 2.05) is 30.3 Å². The molecular formula is C14H14N4O2. The second kappa shape index (κ2) is 5.08. The van der Waals surface area contributed by atoms with Gasteiger partial charge in [0.1, 0.15) is 12.4 Å². The Morgan fingerprint density at radius 2 is 2.05 bits per heavy atom. The number of anilines is 3. The van der Waals surface area contributed by atoms with Crippen LogP contribution in [0.3, 0.4) is 0 Å². The molecule has 0 unspecified atom stereocenters. The first-order valence-electron chi connectivity index (χ1n) is 6.27. The van der Waals surface area contributed by atoms with Crippen LogP contribution in [0.1, 0.15) is 0 Å². The van der Waals surface area contributed by atoms with Gasteiger partial charge in [-0.3, -0.25) is 4.90 Å². The molecule has 0 atom stereocenters. The summed E-state index contributed by atoms with van der Waals surface area (Å²) in [5.41, 5.74) is 6.40. The van der Waals surface area contributed by atoms with Gasteiger partial charge in [-0.25, -0.2) is 9.78 Å². The maximum atomic E-state index is 12.3. The Kier molecular flexibility index (Phi) is 3.12. The van der Waals surface area contributed by atoms with E-state index < -0.39 is 0 Å². The van der Waals surface area contributed by atoms with E-state index in [1.165, 1.54) is 4.90 Å². The highest BCUT2D eigenvalue weighted by Gasteiger charge is 2.25. The molecule has 1 aromatic heterocycles. The van der Waals surface area contributed by atoms with E-state index >= 15 is 0 Å². The standard InChI is InChI=1S/C14H14N4O2/c15-12-7-6-11-13(17-12)18(8-9-20-11)14(19)16-10-4-2-1-3-5-10/h1-7H,8-9H2,(H2,15,17)(H,16,19). The minimum absolute atomic E-state index is 0.251. The zero-order valence-electron chi connectivity index (χ0n) is 10.7. The Hall–Kier alpha value is -2.76. The lowest BCUT2D eigenvalue weighted by molar-refractivity contribution is 0.249. The third kappa shape index (κ3) is 2.35. The van der Waals surface area contributed by atoms with E-state index in [-0.39, 0.29) is 6.03 Å². The number of nitrogen functional groups attached to an aromatic ring is 1. The number of carbonyl (C=O) groups excluding carboxylic acids is 1. The topological polar surface area (TPSA) is 80.5 Å². The highest BCUT2D eigenvalue weighted by atomic mass is 16.5. The number of amides is 2. The molecule has 0 fully saturated rings. The van der Waals surface area contributed by atoms with Crippen LogP contribution in [0.2, 0.25) is 0 Å². The summed E-state index contributed by atoms with van der Waals surface area (Å²) in [4.78, 5) is 18.0. The minimum atomic E-state index is -0.251. The molecule has 1 aliphatic heterocycles. The number of carbonyl (C=O) groups is 1. The van der Waals surface area contributed by atoms with Gasteiger partial charge in [0.2, 0.25) is 0 Å². The first kappa shape index (κ1) is 12.3. The third-order valence-electron chi connectivity index (χ3n) is 2.96. The highest BCUT2D eigenvalue weighted by molar-refractivity contribution is 6.02. The van der Waals surface area contributed by atoms with Gasteiger partial charge >= 0.3 is 6.03 Å². The predicted molar refractivity (Wildman–Crippen MR) is 77.0 cm³/mol. The van der Waals surface area contributed by atoms with E-state index in [1.54, 1.807) is 12.1 Å². The molecule has 3 N–H and O–H groups in total. The van der Waals surface area contributed by atoms with Crippen LogP contribution in [0, 0.1) is 0 Å². The number of urea groups is 1. The average molecular weight is 270 g/mol. The number of nitrogens with two attached hydrogens (primary N) is 1. The summed E-state index contributed by atoms with van der Waals surface area (Å²) in [6, 6.07) is 12.4. The zero-order chi connectivity index (χ0) is 13.9. The van der Waals surface area contributed by atoms with E-state index in [2.05, 4.69) is 10.3 Å². The largest absolute Gasteiger partial charge is 0.488 e. The summed E-state index contributed by atoms with van der Waals surface area (Å²) in [5.74, 6) is 1.37. The number of aromatic nitrogens is 1. The van der Waals surface area contributed by atoms with Crippen LogP contribution >= 0.6 is 0 Å². The van der Waals surface area contributed by atoms with Crippen molar-refractivity contribution in [3.63, 3.8) is 0 Å². The molecule has 0 aliphatic carbocycles. The SMILES string of the molecule is Nc1ccc2c(n1)N(C(=O)Nc1ccccc1)CCO2. The number of rotatable bonds is 1. The van der Waals surface area contributed by atoms with Crippen LogP contribution in [0.4, 0.5) is 22.1 Å². The average Bonchev–Trinajstić information content (AvgIpc) is 2.47. The number of para-hydroxylation sites is 1. The number of nitrogens with zero attached hydrogens (tertiary/aromatic N) is 2. The fourth-order valence-corrected chi connectivity index (χ4v) is 2.02. The second-order valence-electron chi connectivity index (χ2n) is 4.35. The molecule has 0 spiro atoms. The summed E-state index contributed by atoms with van der Waals surface area (Å²) >= 11 is 0. The van der Waals surface area contributed by atoms with E-state index in [4.69, 9.17) is 10.5 Å². The van der Waals surface area contributed by atoms with Crippen molar-refractivity contribution < 1.29 is 9.53 Å². The van der Waals surface area contributed by atoms with Gasteiger partial charge in [-0.15, -0.1) is 0 Å². The predicted octanol–water partition coefficient (Wildman–Crippen LogP) is 2.09. The monoisotopic (exact) mass is 270 g/mol. The van der Waals surface area contributed by atoms with E-state index in [0.29, 0.717) is 30.5 Å². The van der Waals surface area contributed by atoms with Crippen LogP contribution in [0.15, 0.2) is 42.5 Å². The van der Waals surface area contributed by atoms with Crippen molar-refractivity contribution in [3.8, 4) is 5.75 Å². The van der Waals surface area contributed by atoms with Crippen molar-refractivity contribution in [3.05, 3.63) is 42.5 Å². The van der Waals surface area contributed by atoms with Crippen molar-refractivity contribution in [2.75, 3.05) is 29.1 Å². The third-order valence-corrected chi connectivity index (χ3v) is 2.96. The molecule has 20 heavy (non-hydrogen) atoms. The molecule has 102 valence electrons. The first-order chi connectivity index (χ1) is 9.74. The van der Waals surface area contributed by atoms with Crippen LogP contribution in [0.5, 0.6) is 5.75 Å². The van der Waals surface area contributed by atoms with E-state index in [9.17, 15) is 4.79 Å². The fourth-order valence-electron chi connectivity index (χ4n) is 2.02. The number of benzene rings is 1. The molecule has 2 amide bonds. The first-order valence-corrected chi connectivity index (χ1v) is 6.27. The zero-order valence-corrected chi connectivity index (χ0v) is 10.7. The second-order valence-corrected chi connectivity index (χ2v) is 4.35. The Labute approximate surface area is 116 Å². The van der Waals surface area contributed by atoms with Gasteiger partial charge in [0, 0.05) is 5.69 Å². The van der Waals surface area contributed by atoms with Crippen LogP contribution in [0.25, 0.3) is 0 Å². The molecule has 0 saturated carbocycles. The van der Waals surface area contributed by atoms with Crippen molar-refractivity contribution in [2.24, 2.45) is 0 Å². The number of hydrogen-bond acceptors (Lipinski definition) is 4. The van der Waals surface area contributed by atoms with Crippen LogP contribution < -0.4 is 20.7 Å². The summed E-state index contributed by atoms with van der Waals surface area (Å²) in [6.45, 7) is 0.864. The maximum absolute atomic E-state index is 12.3. The highest BCUT2D eigenvalue weighted by Crippen LogP contribution is 2.30. The summed E-state index contributed by atoms with van der Waals surface area (Å²) in [7, 11) is 0. The molecule has 1 aliphatic rings. The molecule has 1 aromatic carbocycles. The van der Waals surface area contributed by atoms with Crippen molar-refractivity contribution in [2.45, 2.75) is 0 Å². The Balaban J connectivity index is 1.85. The van der Waals surface area contributed by atoms with Gasteiger partial charge in [0.15, 0.2) is 11.6 Å². The van der Waals surface area contributed by atoms with Gasteiger partial charge in [0.05, 0.1) is 6.54 Å². The molecule has 0 radical (unpaired) electrons. The lowest BCUT2D eigenvalue weighted by Gasteiger charge is -2.28. The van der Waals surface area contributed by atoms with Crippen molar-refractivity contribution >= 4 is 23.4 Å². The Morgan fingerprint density at radius 3 is 2.85 bits per heavy atom. The molecule has 6 nitrogen and oxygen atoms in total. The lowest BCUT2D eigenvalue weighted by atomic mass is 10.3. The smallest absolute Gasteiger partial charge is 0.327 e. The Morgan fingerprint density at radius 1 is 1.25 bits per heavy atom. The summed E-state index contributed by atoms with van der Waals surface area (Å²) < 4.78 is 5.47. The molecule has 6 heteroatoms. The normalized spacial score (nSPS) is 13.3. The molecule has 2 heterocycles. The molecular weight excluding hydrogens is 256 g/mol. The van der Waals surface area contributed by atoms with Crippen LogP contribution in [-0.2, 0) is 0 Å². The summed E-state index contributed by atoms with van der Waals surface area (Å²) in [5, 5.41) is 2.82. The number of fused-ring (bicyclic) bond motifs is 1. The Bertz CT molecular complexity index is 630. The number of hydrogen-bond donors (Lipinski definition) is 2. The summed E-state index contributed by atoms with van der Waals surface area (Å²) in [6.07, 6.45) is 0. The van der Waals surface area contributed by atoms with Crippen LogP contribution in [-0.4, -0.2) is 24.2 Å². The lowest BCUT2D eigenvalue weighted by Crippen LogP contribution is -2.41. The van der Waals surface area contributed by atoms with Gasteiger partial charge in [-0.05, 0) is 24.3 Å². The van der Waals surface area contributed by atoms with Gasteiger partial charge in [0.25, 0.3) is 0 Å². The molecule has 2 aromatic rings. The maximum Gasteiger partial charge on any atom is 0.327 e. The van der Waals surface area contributed by atoms with Crippen molar-refractivity contribution in [1.82, 2.24) is 4.98 Å². The van der Waals surface area contributed by atoms with Gasteiger partial charge < -0.3 is 15.8 Å². The van der Waals surface area contributed by atoms with Gasteiger partial charge in [-0.1, -0.05) is 18.2 Å². The van der Waals surface area contributed by atoms with E-state index in [0.717, 1.165) is 5.69 Å². The number of nitrogens with one attached hydrogen (secondary N) is 1. The number of pyridine rings is 1. The molecule has 0 bridgehead atoms. The van der Waals surface area contributed by atoms with Gasteiger partial charge in [-0.2, -0.15) is 0 Å². The molecule has 0 saturated heterocycles. The number of ether oxygens (including phenoxy) is 1. The van der Waals surface area contributed by atoms with Crippen molar-refractivity contribution in [1.29, 1.82) is 0 Å². The fraction of sp³-hybridized carbons (Fsp3) is 0.143. The molecule has 3 rings (SSSR count). The minimum Gasteiger partial charge on any atom is -0.488 e.